The molecule has 1 amide bonds. The molecule has 0 spiro atoms. The van der Waals surface area contributed by atoms with Gasteiger partial charge in [0.2, 0.25) is 5.91 Å². The molecule has 1 saturated heterocycles. The van der Waals surface area contributed by atoms with E-state index >= 15 is 0 Å². The zero-order chi connectivity index (χ0) is 22.8. The van der Waals surface area contributed by atoms with Crippen molar-refractivity contribution in [3.8, 4) is 0 Å². The third-order valence-electron chi connectivity index (χ3n) is 6.67. The number of anilines is 2. The number of nitrogens with zero attached hydrogens (tertiary/aromatic N) is 3. The predicted molar refractivity (Wildman–Crippen MR) is 128 cm³/mol. The van der Waals surface area contributed by atoms with Crippen LogP contribution < -0.4 is 15.1 Å². The second kappa shape index (κ2) is 8.94. The monoisotopic (exact) mass is 442 g/mol. The van der Waals surface area contributed by atoms with Crippen LogP contribution in [0.15, 0.2) is 78.9 Å². The van der Waals surface area contributed by atoms with Crippen molar-refractivity contribution in [3.05, 3.63) is 100 Å². The van der Waals surface area contributed by atoms with Crippen LogP contribution in [-0.2, 0) is 17.8 Å². The fourth-order valence-corrected chi connectivity index (χ4v) is 5.01. The molecule has 168 valence electrons. The molecule has 2 atom stereocenters. The van der Waals surface area contributed by atoms with Crippen LogP contribution in [0.1, 0.15) is 11.1 Å². The van der Waals surface area contributed by atoms with Crippen molar-refractivity contribution in [1.82, 2.24) is 5.32 Å². The van der Waals surface area contributed by atoms with E-state index in [4.69, 9.17) is 0 Å². The van der Waals surface area contributed by atoms with Crippen LogP contribution >= 0.6 is 0 Å². The van der Waals surface area contributed by atoms with Crippen molar-refractivity contribution in [2.45, 2.75) is 19.0 Å². The molecule has 7 nitrogen and oxygen atoms in total. The van der Waals surface area contributed by atoms with E-state index in [1.165, 1.54) is 0 Å². The summed E-state index contributed by atoms with van der Waals surface area (Å²) in [6, 6.07) is 25.1. The Morgan fingerprint density at radius 2 is 1.73 bits per heavy atom. The molecule has 3 aromatic carbocycles. The molecule has 0 radical (unpaired) electrons. The van der Waals surface area contributed by atoms with Gasteiger partial charge in [-0.2, -0.15) is 0 Å². The number of amides is 1. The Morgan fingerprint density at radius 3 is 2.45 bits per heavy atom. The molecule has 2 aliphatic rings. The fourth-order valence-electron chi connectivity index (χ4n) is 5.01. The number of benzene rings is 3. The number of para-hydroxylation sites is 1. The van der Waals surface area contributed by atoms with Crippen molar-refractivity contribution in [2.75, 3.05) is 29.4 Å². The number of rotatable bonds is 5. The van der Waals surface area contributed by atoms with Crippen LogP contribution in [0.25, 0.3) is 0 Å². The molecular weight excluding hydrogens is 416 g/mol. The lowest BCUT2D eigenvalue weighted by molar-refractivity contribution is -0.384. The van der Waals surface area contributed by atoms with Crippen LogP contribution in [0, 0.1) is 16.0 Å². The van der Waals surface area contributed by atoms with Gasteiger partial charge in [0.1, 0.15) is 0 Å². The summed E-state index contributed by atoms with van der Waals surface area (Å²) >= 11 is 0. The van der Waals surface area contributed by atoms with Gasteiger partial charge >= 0.3 is 0 Å². The number of carbonyl (C=O) groups excluding carboxylic acids is 1. The number of nitrogens with one attached hydrogen (secondary N) is 1. The average molecular weight is 443 g/mol. The molecule has 0 unspecified atom stereocenters. The minimum atomic E-state index is -0.371. The summed E-state index contributed by atoms with van der Waals surface area (Å²) in [5, 5.41) is 14.5. The SMILES string of the molecule is O=C(NCc1ccccc1)[C@@H]1Cc2cc([N+](=O)[O-])ccc2N2CCN(c3ccccc3)C[C@H]12. The summed E-state index contributed by atoms with van der Waals surface area (Å²) in [6.45, 7) is 2.78. The van der Waals surface area contributed by atoms with E-state index in [2.05, 4.69) is 27.2 Å². The zero-order valence-electron chi connectivity index (χ0n) is 18.3. The highest BCUT2D eigenvalue weighted by Crippen LogP contribution is 2.38. The van der Waals surface area contributed by atoms with Crippen molar-refractivity contribution in [3.63, 3.8) is 0 Å². The number of carbonyl (C=O) groups is 1. The highest BCUT2D eigenvalue weighted by Gasteiger charge is 2.42. The number of hydrogen-bond donors (Lipinski definition) is 1. The Bertz CT molecular complexity index is 1150. The lowest BCUT2D eigenvalue weighted by Crippen LogP contribution is -2.61. The lowest BCUT2D eigenvalue weighted by atomic mass is 9.83. The molecular formula is C26H26N4O3. The maximum atomic E-state index is 13.4. The molecule has 5 rings (SSSR count). The van der Waals surface area contributed by atoms with Gasteiger partial charge in [-0.1, -0.05) is 48.5 Å². The van der Waals surface area contributed by atoms with Crippen molar-refractivity contribution in [2.24, 2.45) is 5.92 Å². The molecule has 0 aliphatic carbocycles. The van der Waals surface area contributed by atoms with E-state index in [0.29, 0.717) is 13.0 Å². The topological polar surface area (TPSA) is 78.7 Å². The van der Waals surface area contributed by atoms with Crippen molar-refractivity contribution in [1.29, 1.82) is 0 Å². The van der Waals surface area contributed by atoms with Crippen LogP contribution in [0.5, 0.6) is 0 Å². The number of non-ortho nitro benzene ring substituents is 1. The van der Waals surface area contributed by atoms with Gasteiger partial charge in [-0.25, -0.2) is 0 Å². The molecule has 1 fully saturated rings. The second-order valence-electron chi connectivity index (χ2n) is 8.63. The van der Waals surface area contributed by atoms with Crippen LogP contribution in [0.4, 0.5) is 17.1 Å². The first-order valence-electron chi connectivity index (χ1n) is 11.3. The molecule has 0 bridgehead atoms. The van der Waals surface area contributed by atoms with Crippen LogP contribution in [0.2, 0.25) is 0 Å². The van der Waals surface area contributed by atoms with Gasteiger partial charge in [0.15, 0.2) is 0 Å². The zero-order valence-corrected chi connectivity index (χ0v) is 18.3. The van der Waals surface area contributed by atoms with Crippen LogP contribution in [0.3, 0.4) is 0 Å². The Hall–Kier alpha value is -3.87. The summed E-state index contributed by atoms with van der Waals surface area (Å²) < 4.78 is 0. The van der Waals surface area contributed by atoms with Gasteiger partial charge in [0.25, 0.3) is 5.69 Å². The molecule has 1 N–H and O–H groups in total. The second-order valence-corrected chi connectivity index (χ2v) is 8.63. The molecule has 2 heterocycles. The van der Waals surface area contributed by atoms with Crippen molar-refractivity contribution >= 4 is 23.0 Å². The largest absolute Gasteiger partial charge is 0.368 e. The van der Waals surface area contributed by atoms with Crippen molar-refractivity contribution < 1.29 is 9.72 Å². The van der Waals surface area contributed by atoms with E-state index in [-0.39, 0.29) is 28.5 Å². The molecule has 33 heavy (non-hydrogen) atoms. The normalized spacial score (nSPS) is 19.4. The predicted octanol–water partition coefficient (Wildman–Crippen LogP) is 3.78. The summed E-state index contributed by atoms with van der Waals surface area (Å²) in [5.41, 5.74) is 4.14. The van der Waals surface area contributed by atoms with E-state index < -0.39 is 0 Å². The summed E-state index contributed by atoms with van der Waals surface area (Å²) in [5.74, 6) is -0.310. The smallest absolute Gasteiger partial charge is 0.269 e. The van der Waals surface area contributed by atoms with Gasteiger partial charge in [-0.05, 0) is 35.7 Å². The van der Waals surface area contributed by atoms with E-state index in [9.17, 15) is 14.9 Å². The first-order chi connectivity index (χ1) is 16.1. The average Bonchev–Trinajstić information content (AvgIpc) is 2.87. The summed E-state index contributed by atoms with van der Waals surface area (Å²) in [6.07, 6.45) is 0.488. The Balaban J connectivity index is 1.43. The summed E-state index contributed by atoms with van der Waals surface area (Å²) in [4.78, 5) is 29.0. The number of nitro benzene ring substituents is 1. The number of fused-ring (bicyclic) bond motifs is 3. The van der Waals surface area contributed by atoms with E-state index in [0.717, 1.165) is 42.1 Å². The molecule has 0 saturated carbocycles. The van der Waals surface area contributed by atoms with Gasteiger partial charge in [-0.3, -0.25) is 14.9 Å². The summed E-state index contributed by atoms with van der Waals surface area (Å²) in [7, 11) is 0. The highest BCUT2D eigenvalue weighted by molar-refractivity contribution is 5.82. The molecule has 3 aromatic rings. The maximum absolute atomic E-state index is 13.4. The third-order valence-corrected chi connectivity index (χ3v) is 6.67. The van der Waals surface area contributed by atoms with Gasteiger partial charge < -0.3 is 15.1 Å². The molecule has 0 aromatic heterocycles. The number of nitro groups is 1. The highest BCUT2D eigenvalue weighted by atomic mass is 16.6. The van der Waals surface area contributed by atoms with Crippen LogP contribution in [-0.4, -0.2) is 36.5 Å². The quantitative estimate of drug-likeness (QED) is 0.481. The molecule has 2 aliphatic heterocycles. The lowest BCUT2D eigenvalue weighted by Gasteiger charge is -2.49. The van der Waals surface area contributed by atoms with E-state index in [1.807, 2.05) is 54.6 Å². The first kappa shape index (κ1) is 21.0. The first-order valence-corrected chi connectivity index (χ1v) is 11.3. The maximum Gasteiger partial charge on any atom is 0.269 e. The minimum Gasteiger partial charge on any atom is -0.368 e. The standard InChI is InChI=1S/C26H26N4O3/c31-26(27-17-19-7-3-1-4-8-19)23-16-20-15-22(30(32)33)11-12-24(20)29-14-13-28(18-25(23)29)21-9-5-2-6-10-21/h1-12,15,23,25H,13-14,16-18H2,(H,27,31)/t23-,25-/m1/s1. The Kier molecular flexibility index (Phi) is 5.69. The molecule has 7 heteroatoms. The van der Waals surface area contributed by atoms with Gasteiger partial charge in [0.05, 0.1) is 16.9 Å². The third kappa shape index (κ3) is 4.26. The Morgan fingerprint density at radius 1 is 1.00 bits per heavy atom. The fraction of sp³-hybridized carbons (Fsp3) is 0.269. The minimum absolute atomic E-state index is 0.0105. The Labute approximate surface area is 192 Å². The van der Waals surface area contributed by atoms with Gasteiger partial charge in [-0.15, -0.1) is 0 Å². The number of hydrogen-bond acceptors (Lipinski definition) is 5. The van der Waals surface area contributed by atoms with E-state index in [1.54, 1.807) is 12.1 Å². The number of piperazine rings is 1. The van der Waals surface area contributed by atoms with Gasteiger partial charge in [0, 0.05) is 49.7 Å².